The normalized spacial score (nSPS) is 12.6. The molecule has 1 atom stereocenters. The summed E-state index contributed by atoms with van der Waals surface area (Å²) >= 11 is 12.0. The van der Waals surface area contributed by atoms with Crippen LogP contribution in [-0.4, -0.2) is 0 Å². The Labute approximate surface area is 109 Å². The summed E-state index contributed by atoms with van der Waals surface area (Å²) in [7, 11) is 0. The highest BCUT2D eigenvalue weighted by Crippen LogP contribution is 2.28. The van der Waals surface area contributed by atoms with E-state index < -0.39 is 0 Å². The smallest absolute Gasteiger partial charge is 0.105 e. The number of nitrogens with one attached hydrogen (secondary N) is 1. The number of furan rings is 1. The summed E-state index contributed by atoms with van der Waals surface area (Å²) in [5.41, 5.74) is 3.63. The third-order valence-electron chi connectivity index (χ3n) is 2.52. The zero-order valence-corrected chi connectivity index (χ0v) is 10.5. The van der Waals surface area contributed by atoms with Gasteiger partial charge in [0.05, 0.1) is 12.3 Å². The molecule has 17 heavy (non-hydrogen) atoms. The molecule has 1 aromatic heterocycles. The zero-order chi connectivity index (χ0) is 12.3. The average molecular weight is 271 g/mol. The summed E-state index contributed by atoms with van der Waals surface area (Å²) in [4.78, 5) is 0. The number of hydrogen-bond donors (Lipinski definition) is 2. The van der Waals surface area contributed by atoms with Gasteiger partial charge in [0.2, 0.25) is 0 Å². The van der Waals surface area contributed by atoms with Gasteiger partial charge in [0.15, 0.2) is 0 Å². The summed E-state index contributed by atoms with van der Waals surface area (Å²) in [5, 5.41) is 1.19. The highest BCUT2D eigenvalue weighted by molar-refractivity contribution is 6.35. The molecule has 0 amide bonds. The molecule has 90 valence electrons. The van der Waals surface area contributed by atoms with Crippen molar-refractivity contribution < 1.29 is 4.42 Å². The zero-order valence-electron chi connectivity index (χ0n) is 8.99. The van der Waals surface area contributed by atoms with E-state index in [2.05, 4.69) is 5.43 Å². The standard InChI is InChI=1S/C12H12Cl2N2O/c13-8-3-4-10(11(14)6-8)12(16-15)7-9-2-1-5-17-9/h1-6,12,16H,7,15H2. The third kappa shape index (κ3) is 3.01. The largest absolute Gasteiger partial charge is 0.469 e. The van der Waals surface area contributed by atoms with Crippen molar-refractivity contribution in [1.29, 1.82) is 0 Å². The molecule has 1 unspecified atom stereocenters. The van der Waals surface area contributed by atoms with E-state index >= 15 is 0 Å². The van der Waals surface area contributed by atoms with Crippen LogP contribution in [0.3, 0.4) is 0 Å². The predicted octanol–water partition coefficient (Wildman–Crippen LogP) is 3.33. The first-order valence-electron chi connectivity index (χ1n) is 5.14. The van der Waals surface area contributed by atoms with Crippen LogP contribution in [0.1, 0.15) is 17.4 Å². The minimum absolute atomic E-state index is 0.106. The summed E-state index contributed by atoms with van der Waals surface area (Å²) in [6.45, 7) is 0. The van der Waals surface area contributed by atoms with E-state index in [1.54, 1.807) is 18.4 Å². The van der Waals surface area contributed by atoms with Crippen LogP contribution in [0.2, 0.25) is 10.0 Å². The maximum absolute atomic E-state index is 6.13. The summed E-state index contributed by atoms with van der Waals surface area (Å²) < 4.78 is 5.29. The second-order valence-corrected chi connectivity index (χ2v) is 4.51. The van der Waals surface area contributed by atoms with E-state index in [4.69, 9.17) is 33.5 Å². The molecule has 0 bridgehead atoms. The van der Waals surface area contributed by atoms with Crippen molar-refractivity contribution in [2.75, 3.05) is 0 Å². The van der Waals surface area contributed by atoms with Gasteiger partial charge in [0.1, 0.15) is 5.76 Å². The molecule has 3 nitrogen and oxygen atoms in total. The summed E-state index contributed by atoms with van der Waals surface area (Å²) in [6, 6.07) is 8.98. The quantitative estimate of drug-likeness (QED) is 0.662. The van der Waals surface area contributed by atoms with Crippen molar-refractivity contribution in [2.45, 2.75) is 12.5 Å². The Bertz CT molecular complexity index is 485. The van der Waals surface area contributed by atoms with E-state index in [-0.39, 0.29) is 6.04 Å². The van der Waals surface area contributed by atoms with Crippen LogP contribution in [0.5, 0.6) is 0 Å². The number of rotatable bonds is 4. The van der Waals surface area contributed by atoms with Gasteiger partial charge < -0.3 is 4.42 Å². The highest BCUT2D eigenvalue weighted by Gasteiger charge is 2.15. The molecule has 5 heteroatoms. The van der Waals surface area contributed by atoms with Crippen LogP contribution in [0.15, 0.2) is 41.0 Å². The van der Waals surface area contributed by atoms with Crippen molar-refractivity contribution in [2.24, 2.45) is 5.84 Å². The first-order valence-corrected chi connectivity index (χ1v) is 5.89. The average Bonchev–Trinajstić information content (AvgIpc) is 2.79. The Morgan fingerprint density at radius 3 is 2.71 bits per heavy atom. The number of halogens is 2. The topological polar surface area (TPSA) is 51.2 Å². The lowest BCUT2D eigenvalue weighted by molar-refractivity contribution is 0.455. The molecular weight excluding hydrogens is 259 g/mol. The molecule has 1 heterocycles. The van der Waals surface area contributed by atoms with Crippen molar-refractivity contribution in [3.05, 3.63) is 58.0 Å². The number of hydrazine groups is 1. The van der Waals surface area contributed by atoms with Gasteiger partial charge in [-0.25, -0.2) is 0 Å². The predicted molar refractivity (Wildman–Crippen MR) is 68.9 cm³/mol. The monoisotopic (exact) mass is 270 g/mol. The SMILES string of the molecule is NNC(Cc1ccco1)c1ccc(Cl)cc1Cl. The first kappa shape index (κ1) is 12.5. The second-order valence-electron chi connectivity index (χ2n) is 3.67. The molecule has 0 saturated carbocycles. The number of benzene rings is 1. The van der Waals surface area contributed by atoms with E-state index in [1.807, 2.05) is 18.2 Å². The Morgan fingerprint density at radius 1 is 1.29 bits per heavy atom. The molecule has 0 aliphatic heterocycles. The Kier molecular flexibility index (Phi) is 4.07. The van der Waals surface area contributed by atoms with Crippen molar-refractivity contribution in [1.82, 2.24) is 5.43 Å². The third-order valence-corrected chi connectivity index (χ3v) is 3.09. The highest BCUT2D eigenvalue weighted by atomic mass is 35.5. The summed E-state index contributed by atoms with van der Waals surface area (Å²) in [5.74, 6) is 6.39. The molecule has 0 aliphatic carbocycles. The van der Waals surface area contributed by atoms with Crippen molar-refractivity contribution in [3.8, 4) is 0 Å². The van der Waals surface area contributed by atoms with Gasteiger partial charge in [-0.2, -0.15) is 0 Å². The lowest BCUT2D eigenvalue weighted by atomic mass is 10.0. The van der Waals surface area contributed by atoms with Crippen molar-refractivity contribution in [3.63, 3.8) is 0 Å². The summed E-state index contributed by atoms with van der Waals surface area (Å²) in [6.07, 6.45) is 2.26. The van der Waals surface area contributed by atoms with Crippen LogP contribution in [0.4, 0.5) is 0 Å². The van der Waals surface area contributed by atoms with Gasteiger partial charge in [0, 0.05) is 16.5 Å². The van der Waals surface area contributed by atoms with Gasteiger partial charge in [-0.05, 0) is 29.8 Å². The molecule has 0 radical (unpaired) electrons. The molecule has 0 aliphatic rings. The lowest BCUT2D eigenvalue weighted by Gasteiger charge is -2.16. The van der Waals surface area contributed by atoms with E-state index in [1.165, 1.54) is 0 Å². The minimum Gasteiger partial charge on any atom is -0.469 e. The fourth-order valence-electron chi connectivity index (χ4n) is 1.67. The van der Waals surface area contributed by atoms with Gasteiger partial charge in [-0.15, -0.1) is 0 Å². The fraction of sp³-hybridized carbons (Fsp3) is 0.167. The molecule has 2 rings (SSSR count). The molecular formula is C12H12Cl2N2O. The molecule has 3 N–H and O–H groups in total. The van der Waals surface area contributed by atoms with Crippen LogP contribution in [0, 0.1) is 0 Å². The minimum atomic E-state index is -0.106. The molecule has 0 saturated heterocycles. The van der Waals surface area contributed by atoms with Gasteiger partial charge in [-0.1, -0.05) is 29.3 Å². The molecule has 0 spiro atoms. The van der Waals surface area contributed by atoms with Crippen LogP contribution in [-0.2, 0) is 6.42 Å². The number of hydrogen-bond acceptors (Lipinski definition) is 3. The van der Waals surface area contributed by atoms with Crippen molar-refractivity contribution >= 4 is 23.2 Å². The molecule has 2 aromatic rings. The second kappa shape index (κ2) is 5.56. The van der Waals surface area contributed by atoms with Gasteiger partial charge >= 0.3 is 0 Å². The van der Waals surface area contributed by atoms with Gasteiger partial charge in [-0.3, -0.25) is 11.3 Å². The lowest BCUT2D eigenvalue weighted by Crippen LogP contribution is -2.29. The first-order chi connectivity index (χ1) is 8.20. The number of nitrogens with two attached hydrogens (primary N) is 1. The van der Waals surface area contributed by atoms with Crippen LogP contribution < -0.4 is 11.3 Å². The Hall–Kier alpha value is -1.000. The van der Waals surface area contributed by atoms with Gasteiger partial charge in [0.25, 0.3) is 0 Å². The van der Waals surface area contributed by atoms with Crippen LogP contribution >= 0.6 is 23.2 Å². The Balaban J connectivity index is 2.23. The van der Waals surface area contributed by atoms with E-state index in [0.29, 0.717) is 16.5 Å². The van der Waals surface area contributed by atoms with E-state index in [9.17, 15) is 0 Å². The maximum atomic E-state index is 6.13. The molecule has 0 fully saturated rings. The maximum Gasteiger partial charge on any atom is 0.105 e. The van der Waals surface area contributed by atoms with Crippen LogP contribution in [0.25, 0.3) is 0 Å². The molecule has 1 aromatic carbocycles. The van der Waals surface area contributed by atoms with E-state index in [0.717, 1.165) is 11.3 Å². The Morgan fingerprint density at radius 2 is 2.12 bits per heavy atom. The fourth-order valence-corrected chi connectivity index (χ4v) is 2.21.